The second-order valence-electron chi connectivity index (χ2n) is 6.10. The summed E-state index contributed by atoms with van der Waals surface area (Å²) in [5, 5.41) is 12.0. The van der Waals surface area contributed by atoms with Gasteiger partial charge >= 0.3 is 0 Å². The summed E-state index contributed by atoms with van der Waals surface area (Å²) in [4.78, 5) is 14.4. The van der Waals surface area contributed by atoms with Gasteiger partial charge in [0.15, 0.2) is 11.5 Å². The molecule has 0 atom stereocenters. The van der Waals surface area contributed by atoms with Crippen LogP contribution in [0, 0.1) is 6.92 Å². The van der Waals surface area contributed by atoms with Crippen LogP contribution in [0.5, 0.6) is 0 Å². The molecule has 1 aromatic heterocycles. The third-order valence-electron chi connectivity index (χ3n) is 4.22. The van der Waals surface area contributed by atoms with Crippen LogP contribution in [0.15, 0.2) is 30.3 Å². The van der Waals surface area contributed by atoms with Crippen molar-refractivity contribution in [1.29, 1.82) is 0 Å². The number of hydrogen-bond acceptors (Lipinski definition) is 4. The van der Waals surface area contributed by atoms with Gasteiger partial charge < -0.3 is 10.2 Å². The smallest absolute Gasteiger partial charge is 0.274 e. The summed E-state index contributed by atoms with van der Waals surface area (Å²) >= 11 is 6.12. The highest BCUT2D eigenvalue weighted by atomic mass is 35.5. The third-order valence-corrected chi connectivity index (χ3v) is 4.63. The zero-order chi connectivity index (χ0) is 16.9. The molecule has 126 valence electrons. The van der Waals surface area contributed by atoms with Crippen molar-refractivity contribution in [2.75, 3.05) is 18.4 Å². The van der Waals surface area contributed by atoms with Gasteiger partial charge in [0.2, 0.25) is 0 Å². The van der Waals surface area contributed by atoms with Gasteiger partial charge in [-0.25, -0.2) is 0 Å². The van der Waals surface area contributed by atoms with Crippen LogP contribution in [0.1, 0.15) is 41.7 Å². The first-order valence-electron chi connectivity index (χ1n) is 8.30. The topological polar surface area (TPSA) is 58.1 Å². The van der Waals surface area contributed by atoms with Gasteiger partial charge in [-0.05, 0) is 49.6 Å². The fraction of sp³-hybridized carbons (Fsp3) is 0.389. The number of amides is 1. The Hall–Kier alpha value is -2.14. The molecule has 1 aliphatic rings. The van der Waals surface area contributed by atoms with E-state index in [2.05, 4.69) is 15.5 Å². The Bertz CT molecular complexity index is 709. The van der Waals surface area contributed by atoms with Crippen molar-refractivity contribution in [3.63, 3.8) is 0 Å². The molecule has 1 aromatic carbocycles. The van der Waals surface area contributed by atoms with Gasteiger partial charge in [0.1, 0.15) is 0 Å². The van der Waals surface area contributed by atoms with E-state index in [9.17, 15) is 4.79 Å². The Morgan fingerprint density at radius 3 is 2.46 bits per heavy atom. The predicted molar refractivity (Wildman–Crippen MR) is 95.9 cm³/mol. The quantitative estimate of drug-likeness (QED) is 0.906. The summed E-state index contributed by atoms with van der Waals surface area (Å²) in [5.74, 6) is 0.552. The first kappa shape index (κ1) is 16.7. The van der Waals surface area contributed by atoms with Gasteiger partial charge in [-0.3, -0.25) is 4.79 Å². The van der Waals surface area contributed by atoms with Crippen LogP contribution in [-0.2, 0) is 0 Å². The van der Waals surface area contributed by atoms with Crippen LogP contribution in [-0.4, -0.2) is 34.1 Å². The lowest BCUT2D eigenvalue weighted by Crippen LogP contribution is -2.32. The number of aryl methyl sites for hydroxylation is 1. The molecule has 1 fully saturated rings. The van der Waals surface area contributed by atoms with E-state index in [0.717, 1.165) is 37.2 Å². The molecule has 0 aliphatic carbocycles. The average Bonchev–Trinajstić information content (AvgIpc) is 2.88. The third kappa shape index (κ3) is 4.03. The van der Waals surface area contributed by atoms with Crippen LogP contribution < -0.4 is 5.32 Å². The lowest BCUT2D eigenvalue weighted by atomic mass is 10.2. The zero-order valence-corrected chi connectivity index (χ0v) is 14.5. The maximum atomic E-state index is 12.5. The van der Waals surface area contributed by atoms with E-state index in [1.54, 1.807) is 12.1 Å². The second kappa shape index (κ2) is 7.62. The highest BCUT2D eigenvalue weighted by Gasteiger charge is 2.18. The van der Waals surface area contributed by atoms with Gasteiger partial charge in [-0.2, -0.15) is 0 Å². The number of halogens is 1. The number of carbonyl (C=O) groups is 1. The molecule has 24 heavy (non-hydrogen) atoms. The Kier molecular flexibility index (Phi) is 5.30. The summed E-state index contributed by atoms with van der Waals surface area (Å²) in [6, 6.07) is 9.20. The second-order valence-corrected chi connectivity index (χ2v) is 6.51. The van der Waals surface area contributed by atoms with Crippen molar-refractivity contribution in [3.05, 3.63) is 46.6 Å². The fourth-order valence-electron chi connectivity index (χ4n) is 2.77. The Morgan fingerprint density at radius 2 is 1.83 bits per heavy atom. The maximum absolute atomic E-state index is 12.5. The first-order valence-corrected chi connectivity index (χ1v) is 8.67. The van der Waals surface area contributed by atoms with E-state index in [0.29, 0.717) is 16.5 Å². The number of nitrogens with one attached hydrogen (secondary N) is 1. The van der Waals surface area contributed by atoms with Crippen LogP contribution in [0.25, 0.3) is 0 Å². The number of carbonyl (C=O) groups excluding carboxylic acids is 1. The predicted octanol–water partition coefficient (Wildman–Crippen LogP) is 4.20. The minimum atomic E-state index is -0.0330. The highest BCUT2D eigenvalue weighted by Crippen LogP contribution is 2.22. The monoisotopic (exact) mass is 344 g/mol. The molecular weight excluding hydrogens is 324 g/mol. The largest absolute Gasteiger partial charge is 0.339 e. The molecule has 6 heteroatoms. The summed E-state index contributed by atoms with van der Waals surface area (Å²) < 4.78 is 0. The number of rotatable bonds is 3. The van der Waals surface area contributed by atoms with Crippen molar-refractivity contribution in [3.8, 4) is 0 Å². The van der Waals surface area contributed by atoms with Gasteiger partial charge in [-0.15, -0.1) is 10.2 Å². The Morgan fingerprint density at radius 1 is 1.08 bits per heavy atom. The Balaban J connectivity index is 1.68. The molecule has 1 amide bonds. The van der Waals surface area contributed by atoms with E-state index in [1.807, 2.05) is 30.0 Å². The molecule has 1 aliphatic heterocycles. The van der Waals surface area contributed by atoms with E-state index < -0.39 is 0 Å². The average molecular weight is 345 g/mol. The van der Waals surface area contributed by atoms with Crippen molar-refractivity contribution in [2.24, 2.45) is 0 Å². The van der Waals surface area contributed by atoms with Gasteiger partial charge in [0.25, 0.3) is 5.91 Å². The summed E-state index contributed by atoms with van der Waals surface area (Å²) in [6.45, 7) is 3.57. The van der Waals surface area contributed by atoms with Crippen molar-refractivity contribution in [1.82, 2.24) is 15.1 Å². The van der Waals surface area contributed by atoms with Crippen molar-refractivity contribution in [2.45, 2.75) is 32.6 Å². The van der Waals surface area contributed by atoms with Crippen LogP contribution in [0.4, 0.5) is 11.5 Å². The molecule has 0 bridgehead atoms. The zero-order valence-electron chi connectivity index (χ0n) is 13.8. The van der Waals surface area contributed by atoms with E-state index in [-0.39, 0.29) is 5.91 Å². The molecule has 0 radical (unpaired) electrons. The standard InChI is InChI=1S/C18H21ClN4O/c1-13-6-7-14(12-15(13)19)20-17-9-8-16(21-22-17)18(24)23-10-4-2-3-5-11-23/h6-9,12H,2-5,10-11H2,1H3,(H,20,22). The summed E-state index contributed by atoms with van der Waals surface area (Å²) in [6.07, 6.45) is 4.51. The molecule has 1 N–H and O–H groups in total. The van der Waals surface area contributed by atoms with Crippen LogP contribution >= 0.6 is 11.6 Å². The van der Waals surface area contributed by atoms with Gasteiger partial charge in [0.05, 0.1) is 0 Å². The minimum absolute atomic E-state index is 0.0330. The Labute approximate surface area is 147 Å². The molecule has 1 saturated heterocycles. The molecule has 0 spiro atoms. The van der Waals surface area contributed by atoms with E-state index in [4.69, 9.17) is 11.6 Å². The normalized spacial score (nSPS) is 15.0. The minimum Gasteiger partial charge on any atom is -0.339 e. The van der Waals surface area contributed by atoms with Crippen molar-refractivity contribution >= 4 is 29.0 Å². The molecular formula is C18H21ClN4O. The number of likely N-dealkylation sites (tertiary alicyclic amines) is 1. The summed E-state index contributed by atoms with van der Waals surface area (Å²) in [5.41, 5.74) is 2.25. The molecule has 0 saturated carbocycles. The van der Waals surface area contributed by atoms with E-state index in [1.165, 1.54) is 12.8 Å². The lowest BCUT2D eigenvalue weighted by molar-refractivity contribution is 0.0754. The first-order chi connectivity index (χ1) is 11.6. The van der Waals surface area contributed by atoms with Gasteiger partial charge in [-0.1, -0.05) is 30.5 Å². The lowest BCUT2D eigenvalue weighted by Gasteiger charge is -2.19. The van der Waals surface area contributed by atoms with Gasteiger partial charge in [0, 0.05) is 23.8 Å². The molecule has 3 rings (SSSR count). The molecule has 2 heterocycles. The molecule has 5 nitrogen and oxygen atoms in total. The number of benzene rings is 1. The number of hydrogen-bond donors (Lipinski definition) is 1. The number of anilines is 2. The number of nitrogens with zero attached hydrogens (tertiary/aromatic N) is 3. The fourth-order valence-corrected chi connectivity index (χ4v) is 2.95. The highest BCUT2D eigenvalue weighted by molar-refractivity contribution is 6.31. The van der Waals surface area contributed by atoms with E-state index >= 15 is 0 Å². The van der Waals surface area contributed by atoms with Crippen LogP contribution in [0.3, 0.4) is 0 Å². The molecule has 0 unspecified atom stereocenters. The van der Waals surface area contributed by atoms with Crippen molar-refractivity contribution < 1.29 is 4.79 Å². The van der Waals surface area contributed by atoms with Crippen LogP contribution in [0.2, 0.25) is 5.02 Å². The molecule has 2 aromatic rings. The number of aromatic nitrogens is 2. The summed E-state index contributed by atoms with van der Waals surface area (Å²) in [7, 11) is 0. The maximum Gasteiger partial charge on any atom is 0.274 e. The SMILES string of the molecule is Cc1ccc(Nc2ccc(C(=O)N3CCCCCC3)nn2)cc1Cl.